The monoisotopic (exact) mass is 291 g/mol. The van der Waals surface area contributed by atoms with E-state index < -0.39 is 0 Å². The number of nitrogens with zero attached hydrogens (tertiary/aromatic N) is 4. The van der Waals surface area contributed by atoms with E-state index in [4.69, 9.17) is 0 Å². The summed E-state index contributed by atoms with van der Waals surface area (Å²) in [5.74, 6) is 0. The molecule has 1 aromatic heterocycles. The lowest BCUT2D eigenvalue weighted by molar-refractivity contribution is 0.541. The van der Waals surface area contributed by atoms with Gasteiger partial charge in [-0.15, -0.1) is 5.10 Å². The normalized spacial score (nSPS) is 14.2. The Morgan fingerprint density at radius 2 is 2.00 bits per heavy atom. The van der Waals surface area contributed by atoms with Crippen molar-refractivity contribution in [2.45, 2.75) is 43.6 Å². The van der Waals surface area contributed by atoms with Gasteiger partial charge in [-0.1, -0.05) is 43.8 Å². The maximum atomic E-state index is 4.13. The largest absolute Gasteiger partial charge is 0.313 e. The number of aromatic nitrogens is 4. The van der Waals surface area contributed by atoms with E-state index in [1.807, 2.05) is 30.3 Å². The molecule has 0 amide bonds. The predicted octanol–water partition coefficient (Wildman–Crippen LogP) is 2.53. The summed E-state index contributed by atoms with van der Waals surface area (Å²) in [7, 11) is 0. The second kappa shape index (κ2) is 7.40. The number of hydrogen-bond donors (Lipinski definition) is 1. The van der Waals surface area contributed by atoms with E-state index in [9.17, 15) is 0 Å². The third-order valence-electron chi connectivity index (χ3n) is 3.15. The van der Waals surface area contributed by atoms with Crippen molar-refractivity contribution in [3.8, 4) is 5.69 Å². The highest BCUT2D eigenvalue weighted by Crippen LogP contribution is 2.24. The maximum Gasteiger partial charge on any atom is 0.214 e. The van der Waals surface area contributed by atoms with E-state index in [-0.39, 0.29) is 0 Å². The summed E-state index contributed by atoms with van der Waals surface area (Å²) in [6, 6.07) is 10.4. The van der Waals surface area contributed by atoms with Gasteiger partial charge >= 0.3 is 0 Å². The summed E-state index contributed by atoms with van der Waals surface area (Å²) >= 11 is 1.69. The summed E-state index contributed by atoms with van der Waals surface area (Å²) < 4.78 is 1.79. The molecule has 0 saturated heterocycles. The molecule has 1 aromatic carbocycles. The van der Waals surface area contributed by atoms with Crippen LogP contribution in [0.15, 0.2) is 35.5 Å². The van der Waals surface area contributed by atoms with Gasteiger partial charge in [0.1, 0.15) is 0 Å². The first-order chi connectivity index (χ1) is 9.72. The number of para-hydroxylation sites is 1. The van der Waals surface area contributed by atoms with E-state index >= 15 is 0 Å². The van der Waals surface area contributed by atoms with E-state index in [0.717, 1.165) is 23.8 Å². The third-order valence-corrected chi connectivity index (χ3v) is 4.40. The lowest BCUT2D eigenvalue weighted by Crippen LogP contribution is -2.34. The summed E-state index contributed by atoms with van der Waals surface area (Å²) in [6.07, 6.45) is 1.14. The molecule has 0 aliphatic carbocycles. The van der Waals surface area contributed by atoms with Gasteiger partial charge in [0.15, 0.2) is 0 Å². The fraction of sp³-hybridized carbons (Fsp3) is 0.500. The molecule has 2 rings (SSSR count). The van der Waals surface area contributed by atoms with Gasteiger partial charge in [-0.3, -0.25) is 0 Å². The van der Waals surface area contributed by atoms with Crippen LogP contribution in [-0.2, 0) is 0 Å². The summed E-state index contributed by atoms with van der Waals surface area (Å²) in [6.45, 7) is 7.61. The van der Waals surface area contributed by atoms with E-state index in [2.05, 4.69) is 41.6 Å². The zero-order valence-corrected chi connectivity index (χ0v) is 13.0. The number of nitrogens with one attached hydrogen (secondary N) is 1. The van der Waals surface area contributed by atoms with Gasteiger partial charge in [-0.05, 0) is 42.4 Å². The van der Waals surface area contributed by atoms with Crippen LogP contribution in [0.1, 0.15) is 27.2 Å². The average molecular weight is 291 g/mol. The van der Waals surface area contributed by atoms with Crippen molar-refractivity contribution in [1.29, 1.82) is 0 Å². The maximum absolute atomic E-state index is 4.13. The van der Waals surface area contributed by atoms with Crippen LogP contribution in [0.2, 0.25) is 0 Å². The van der Waals surface area contributed by atoms with Gasteiger partial charge in [0.25, 0.3) is 0 Å². The Morgan fingerprint density at radius 3 is 2.70 bits per heavy atom. The molecule has 20 heavy (non-hydrogen) atoms. The molecule has 2 aromatic rings. The van der Waals surface area contributed by atoms with Crippen LogP contribution < -0.4 is 5.32 Å². The van der Waals surface area contributed by atoms with Gasteiger partial charge in [0.05, 0.1) is 5.69 Å². The topological polar surface area (TPSA) is 55.6 Å². The second-order valence-corrected chi connectivity index (χ2v) is 6.12. The molecule has 0 spiro atoms. The Labute approximate surface area is 124 Å². The summed E-state index contributed by atoms with van der Waals surface area (Å²) in [5.41, 5.74) is 0.987. The van der Waals surface area contributed by atoms with E-state index in [1.165, 1.54) is 0 Å². The lowest BCUT2D eigenvalue weighted by atomic mass is 10.2. The number of benzene rings is 1. The van der Waals surface area contributed by atoms with Crippen LogP contribution >= 0.6 is 11.8 Å². The van der Waals surface area contributed by atoms with Gasteiger partial charge in [0.2, 0.25) is 5.16 Å². The quantitative estimate of drug-likeness (QED) is 0.794. The molecule has 0 aliphatic heterocycles. The highest BCUT2D eigenvalue weighted by molar-refractivity contribution is 7.99. The van der Waals surface area contributed by atoms with Gasteiger partial charge in [0, 0.05) is 11.3 Å². The van der Waals surface area contributed by atoms with Crippen LogP contribution in [-0.4, -0.2) is 38.0 Å². The Balaban J connectivity index is 2.06. The Morgan fingerprint density at radius 1 is 1.25 bits per heavy atom. The van der Waals surface area contributed by atoms with Gasteiger partial charge in [-0.25, -0.2) is 0 Å². The predicted molar refractivity (Wildman–Crippen MR) is 82.2 cm³/mol. The van der Waals surface area contributed by atoms with E-state index in [0.29, 0.717) is 11.3 Å². The van der Waals surface area contributed by atoms with Crippen LogP contribution in [0.25, 0.3) is 5.69 Å². The van der Waals surface area contributed by atoms with Crippen molar-refractivity contribution < 1.29 is 0 Å². The molecule has 2 atom stereocenters. The standard InChI is InChI=1S/C14H21N5S/c1-4-10-15-11(2)12(3)20-14-16-17-18-19(14)13-8-6-5-7-9-13/h5-9,11-12,15H,4,10H2,1-3H3. The molecule has 0 radical (unpaired) electrons. The highest BCUT2D eigenvalue weighted by atomic mass is 32.2. The Bertz CT molecular complexity index is 513. The molecular formula is C14H21N5S. The van der Waals surface area contributed by atoms with Crippen molar-refractivity contribution in [2.24, 2.45) is 0 Å². The molecule has 0 fully saturated rings. The van der Waals surface area contributed by atoms with Crippen molar-refractivity contribution in [2.75, 3.05) is 6.54 Å². The lowest BCUT2D eigenvalue weighted by Gasteiger charge is -2.19. The first kappa shape index (κ1) is 15.0. The minimum Gasteiger partial charge on any atom is -0.313 e. The molecular weight excluding hydrogens is 270 g/mol. The van der Waals surface area contributed by atoms with Gasteiger partial charge < -0.3 is 5.32 Å². The zero-order valence-electron chi connectivity index (χ0n) is 12.2. The second-order valence-electron chi connectivity index (χ2n) is 4.77. The highest BCUT2D eigenvalue weighted by Gasteiger charge is 2.17. The van der Waals surface area contributed by atoms with Crippen LogP contribution in [0, 0.1) is 0 Å². The van der Waals surface area contributed by atoms with Crippen LogP contribution in [0.5, 0.6) is 0 Å². The molecule has 6 heteroatoms. The Kier molecular flexibility index (Phi) is 5.55. The van der Waals surface area contributed by atoms with Gasteiger partial charge in [-0.2, -0.15) is 4.68 Å². The molecule has 0 bridgehead atoms. The van der Waals surface area contributed by atoms with Crippen molar-refractivity contribution in [3.63, 3.8) is 0 Å². The zero-order chi connectivity index (χ0) is 14.4. The molecule has 2 unspecified atom stereocenters. The Hall–Kier alpha value is -1.40. The van der Waals surface area contributed by atoms with Crippen molar-refractivity contribution >= 4 is 11.8 Å². The average Bonchev–Trinajstić information content (AvgIpc) is 2.93. The van der Waals surface area contributed by atoms with Crippen LogP contribution in [0.4, 0.5) is 0 Å². The number of hydrogen-bond acceptors (Lipinski definition) is 5. The summed E-state index contributed by atoms with van der Waals surface area (Å²) in [5, 5.41) is 16.7. The van der Waals surface area contributed by atoms with Crippen molar-refractivity contribution in [1.82, 2.24) is 25.5 Å². The smallest absolute Gasteiger partial charge is 0.214 e. The molecule has 1 N–H and O–H groups in total. The van der Waals surface area contributed by atoms with Crippen molar-refractivity contribution in [3.05, 3.63) is 30.3 Å². The summed E-state index contributed by atoms with van der Waals surface area (Å²) in [4.78, 5) is 0. The number of thioether (sulfide) groups is 1. The number of tetrazole rings is 1. The fourth-order valence-corrected chi connectivity index (χ4v) is 2.75. The molecule has 0 saturated carbocycles. The SMILES string of the molecule is CCCNC(C)C(C)Sc1nnnn1-c1ccccc1. The van der Waals surface area contributed by atoms with E-state index in [1.54, 1.807) is 16.4 Å². The third kappa shape index (κ3) is 3.80. The minimum atomic E-state index is 0.398. The molecule has 0 aliphatic rings. The number of rotatable bonds is 7. The first-order valence-electron chi connectivity index (χ1n) is 6.96. The molecule has 5 nitrogen and oxygen atoms in total. The fourth-order valence-electron chi connectivity index (χ4n) is 1.79. The molecule has 1 heterocycles. The molecule has 108 valence electrons. The van der Waals surface area contributed by atoms with Crippen LogP contribution in [0.3, 0.4) is 0 Å². The minimum absolute atomic E-state index is 0.398. The first-order valence-corrected chi connectivity index (χ1v) is 7.84.